The van der Waals surface area contributed by atoms with E-state index in [1.54, 1.807) is 0 Å². The maximum Gasteiger partial charge on any atom is 0.481 e. The second kappa shape index (κ2) is 12.9. The summed E-state index contributed by atoms with van der Waals surface area (Å²) in [6, 6.07) is 0. The zero-order valence-electron chi connectivity index (χ0n) is 22.7. The van der Waals surface area contributed by atoms with Crippen LogP contribution >= 0.6 is 28.3 Å². The monoisotopic (exact) mass is 697 g/mol. The van der Waals surface area contributed by atoms with Crippen molar-refractivity contribution in [1.82, 2.24) is 24.4 Å². The highest BCUT2D eigenvalue weighted by atomic mass is 32.1. The van der Waals surface area contributed by atoms with Gasteiger partial charge in [-0.15, -0.1) is 0 Å². The van der Waals surface area contributed by atoms with Gasteiger partial charge in [0.05, 0.1) is 24.8 Å². The summed E-state index contributed by atoms with van der Waals surface area (Å²) in [6.07, 6.45) is -5.48. The molecule has 1 amide bonds. The summed E-state index contributed by atoms with van der Waals surface area (Å²) in [7, 11) is -10.8. The second-order valence-electron chi connectivity index (χ2n) is 9.97. The number of fused-ring (bicyclic) bond motifs is 1. The smallest absolute Gasteiger partial charge is 0.387 e. The molecule has 2 fully saturated rings. The van der Waals surface area contributed by atoms with Gasteiger partial charge in [-0.2, -0.15) is 16.9 Å². The van der Waals surface area contributed by atoms with Crippen molar-refractivity contribution in [2.45, 2.75) is 54.3 Å². The average molecular weight is 698 g/mol. The van der Waals surface area contributed by atoms with Gasteiger partial charge < -0.3 is 56.1 Å². The largest absolute Gasteiger partial charge is 0.481 e. The number of phosphoric ester groups is 2. The Kier molecular flexibility index (Phi) is 9.72. The van der Waals surface area contributed by atoms with Crippen molar-refractivity contribution in [3.05, 3.63) is 36.7 Å². The van der Waals surface area contributed by atoms with Gasteiger partial charge in [0.1, 0.15) is 48.5 Å². The molecule has 10 N–H and O–H groups in total. The number of aliphatic hydroxyl groups is 4. The fraction of sp³-hybridized carbons (Fsp3) is 0.524. The number of ether oxygens (including phenoxy) is 2. The van der Waals surface area contributed by atoms with E-state index in [2.05, 4.69) is 31.9 Å². The lowest BCUT2D eigenvalue weighted by molar-refractivity contribution is -0.114. The van der Waals surface area contributed by atoms with Crippen molar-refractivity contribution < 1.29 is 67.0 Å². The maximum absolute atomic E-state index is 12.4. The number of phosphoric acid groups is 2. The number of hydrogen-bond acceptors (Lipinski definition) is 18. The molecule has 3 aliphatic heterocycles. The van der Waals surface area contributed by atoms with Gasteiger partial charge in [-0.25, -0.2) is 24.1 Å². The molecule has 0 aromatic carbocycles. The number of thiol groups is 1. The van der Waals surface area contributed by atoms with Crippen molar-refractivity contribution in [2.24, 2.45) is 5.73 Å². The molecule has 0 spiro atoms. The number of amides is 1. The molecule has 2 aromatic rings. The highest BCUT2D eigenvalue weighted by Gasteiger charge is 2.48. The zero-order valence-corrected chi connectivity index (χ0v) is 25.4. The number of aliphatic hydroxyl groups excluding tert-OH is 4. The lowest BCUT2D eigenvalue weighted by Crippen LogP contribution is -2.41. The zero-order chi connectivity index (χ0) is 32.8. The van der Waals surface area contributed by atoms with Gasteiger partial charge in [-0.1, -0.05) is 6.08 Å². The van der Waals surface area contributed by atoms with E-state index in [0.717, 1.165) is 6.33 Å². The van der Waals surface area contributed by atoms with Crippen molar-refractivity contribution in [1.29, 1.82) is 0 Å². The molecule has 24 heteroatoms. The number of carbonyl (C=O) groups is 1. The molecule has 3 aliphatic rings. The van der Waals surface area contributed by atoms with Crippen LogP contribution in [0.15, 0.2) is 36.7 Å². The third kappa shape index (κ3) is 7.09. The highest BCUT2D eigenvalue weighted by molar-refractivity contribution is 7.81. The summed E-state index contributed by atoms with van der Waals surface area (Å²) in [5.74, 6) is -0.739. The topological polar surface area (TPSA) is 318 Å². The Labute approximate surface area is 258 Å². The van der Waals surface area contributed by atoms with Crippen molar-refractivity contribution >= 4 is 51.2 Å². The van der Waals surface area contributed by atoms with Gasteiger partial charge >= 0.3 is 15.6 Å². The first-order valence-corrected chi connectivity index (χ1v) is 16.4. The maximum atomic E-state index is 12.4. The molecule has 5 rings (SSSR count). The number of imidazole rings is 1. The van der Waals surface area contributed by atoms with Crippen LogP contribution in [-0.4, -0.2) is 122 Å². The molecule has 0 aliphatic carbocycles. The summed E-state index contributed by atoms with van der Waals surface area (Å²) in [4.78, 5) is 44.8. The molecule has 11 atom stereocenters. The molecule has 2 unspecified atom stereocenters. The Morgan fingerprint density at radius 1 is 0.956 bits per heavy atom. The van der Waals surface area contributed by atoms with Gasteiger partial charge in [0.2, 0.25) is 5.91 Å². The lowest BCUT2D eigenvalue weighted by atomic mass is 10.1. The van der Waals surface area contributed by atoms with Gasteiger partial charge in [-0.3, -0.25) is 18.4 Å². The summed E-state index contributed by atoms with van der Waals surface area (Å²) < 4.78 is 50.9. The number of nitrogens with zero attached hydrogens (tertiary/aromatic N) is 5. The minimum atomic E-state index is -5.38. The van der Waals surface area contributed by atoms with E-state index in [0.29, 0.717) is 0 Å². The Bertz CT molecular complexity index is 1600. The van der Waals surface area contributed by atoms with Crippen molar-refractivity contribution in [3.63, 3.8) is 0 Å². The number of anilines is 1. The first kappa shape index (κ1) is 33.8. The van der Waals surface area contributed by atoms with E-state index in [1.807, 2.05) is 0 Å². The molecule has 2 saturated heterocycles. The van der Waals surface area contributed by atoms with Crippen LogP contribution in [0.1, 0.15) is 6.23 Å². The standard InChI is InChI=1S/C21H29N7O14P2S/c22-17-12-19(25-6-24-17)28(7-26-12)21-16(32)14(30)10(41-21)5-39-44(36,37)42-43(34,35)38-4-9-13(29)15(31)20(40-9)27-2-1-11(45)8(3-27)18(23)33/h1-3,6-7,9-11,13-16,20-21,29-32,45H,4-5H2,(H2,23,33)(H,34,35)(H,36,37)(H2,22,24,25)/t9-,10-,11+,13-,14-,15-,16-,20-,21-/m1/s1. The molecule has 2 aromatic heterocycles. The highest BCUT2D eigenvalue weighted by Crippen LogP contribution is 2.60. The number of primary amides is 1. The molecule has 5 heterocycles. The Hall–Kier alpha value is -2.53. The Balaban J connectivity index is 1.15. The van der Waals surface area contributed by atoms with Crippen LogP contribution in [0.4, 0.5) is 5.82 Å². The SMILES string of the molecule is NC(=O)C1=CN([C@@H]2O[C@H](COP(=O)(O)OP(=O)(O)OC[C@H]3O[C@@H](n4cnc5c(N)ncnc54)[C@H](O)[C@@H]3O)[C@@H](O)[C@H]2O)C=C[C@@H]1S. The molecular formula is C21H29N7O14P2S. The van der Waals surface area contributed by atoms with Gasteiger partial charge in [0, 0.05) is 18.0 Å². The summed E-state index contributed by atoms with van der Waals surface area (Å²) in [5, 5.41) is 41.1. The summed E-state index contributed by atoms with van der Waals surface area (Å²) >= 11 is 4.19. The third-order valence-corrected chi connectivity index (χ3v) is 10.0. The van der Waals surface area contributed by atoms with E-state index < -0.39 is 89.1 Å². The van der Waals surface area contributed by atoms with Crippen LogP contribution in [0.3, 0.4) is 0 Å². The van der Waals surface area contributed by atoms with Crippen LogP contribution in [0.2, 0.25) is 0 Å². The van der Waals surface area contributed by atoms with Gasteiger partial charge in [-0.05, 0) is 0 Å². The molecule has 45 heavy (non-hydrogen) atoms. The quantitative estimate of drug-likeness (QED) is 0.0847. The number of hydrogen-bond donors (Lipinski definition) is 9. The molecule has 21 nitrogen and oxygen atoms in total. The van der Waals surface area contributed by atoms with Crippen LogP contribution in [0, 0.1) is 0 Å². The molecule has 0 bridgehead atoms. The fourth-order valence-electron chi connectivity index (χ4n) is 4.71. The van der Waals surface area contributed by atoms with Crippen LogP contribution in [0.25, 0.3) is 11.2 Å². The Morgan fingerprint density at radius 3 is 2.13 bits per heavy atom. The normalized spacial score (nSPS) is 34.5. The van der Waals surface area contributed by atoms with Crippen molar-refractivity contribution in [2.75, 3.05) is 18.9 Å². The van der Waals surface area contributed by atoms with Crippen LogP contribution < -0.4 is 11.5 Å². The van der Waals surface area contributed by atoms with Crippen LogP contribution in [-0.2, 0) is 36.8 Å². The number of nitrogen functional groups attached to an aromatic ring is 1. The van der Waals surface area contributed by atoms with Gasteiger partial charge in [0.25, 0.3) is 0 Å². The van der Waals surface area contributed by atoms with Crippen LogP contribution in [0.5, 0.6) is 0 Å². The predicted octanol–water partition coefficient (Wildman–Crippen LogP) is -2.78. The number of carbonyl (C=O) groups excluding carboxylic acids is 1. The summed E-state index contributed by atoms with van der Waals surface area (Å²) in [5.41, 5.74) is 11.5. The first-order valence-electron chi connectivity index (χ1n) is 12.9. The van der Waals surface area contributed by atoms with Crippen molar-refractivity contribution in [3.8, 4) is 0 Å². The number of nitrogens with two attached hydrogens (primary N) is 2. The van der Waals surface area contributed by atoms with Gasteiger partial charge in [0.15, 0.2) is 23.9 Å². The van der Waals surface area contributed by atoms with E-state index in [4.69, 9.17) is 30.0 Å². The predicted molar refractivity (Wildman–Crippen MR) is 150 cm³/mol. The van der Waals surface area contributed by atoms with E-state index >= 15 is 0 Å². The molecule has 0 saturated carbocycles. The lowest BCUT2D eigenvalue weighted by Gasteiger charge is -2.30. The van der Waals surface area contributed by atoms with E-state index in [-0.39, 0.29) is 22.6 Å². The molecule has 248 valence electrons. The number of rotatable bonds is 11. The third-order valence-electron chi connectivity index (χ3n) is 6.97. The minimum absolute atomic E-state index is 0.0488. The average Bonchev–Trinajstić information content (AvgIpc) is 3.61. The second-order valence-corrected chi connectivity index (χ2v) is 13.6. The fourth-order valence-corrected chi connectivity index (χ4v) is 7.07. The Morgan fingerprint density at radius 2 is 1.53 bits per heavy atom. The molecular weight excluding hydrogens is 668 g/mol. The number of aromatic nitrogens is 4. The minimum Gasteiger partial charge on any atom is -0.387 e. The molecule has 0 radical (unpaired) electrons. The summed E-state index contributed by atoms with van der Waals surface area (Å²) in [6.45, 7) is -1.81. The van der Waals surface area contributed by atoms with E-state index in [1.165, 1.54) is 34.3 Å². The van der Waals surface area contributed by atoms with E-state index in [9.17, 15) is 44.1 Å². The first-order chi connectivity index (χ1) is 21.1.